The maximum atomic E-state index is 14.0. The first-order valence-corrected chi connectivity index (χ1v) is 10.1. The van der Waals surface area contributed by atoms with E-state index in [4.69, 9.17) is 9.47 Å². The average molecular weight is 383 g/mol. The van der Waals surface area contributed by atoms with Crippen molar-refractivity contribution >= 4 is 5.91 Å². The average Bonchev–Trinajstić information content (AvgIpc) is 3.51. The number of halogens is 1. The Bertz CT molecular complexity index is 832. The maximum Gasteiger partial charge on any atom is 0.226 e. The molecule has 2 aromatic rings. The predicted molar refractivity (Wildman–Crippen MR) is 105 cm³/mol. The fraction of sp³-hybridized carbons (Fsp3) is 0.435. The Morgan fingerprint density at radius 1 is 1.07 bits per heavy atom. The molecule has 5 heteroatoms. The van der Waals surface area contributed by atoms with Crippen molar-refractivity contribution in [1.29, 1.82) is 0 Å². The number of benzene rings is 2. The van der Waals surface area contributed by atoms with Gasteiger partial charge in [-0.3, -0.25) is 4.79 Å². The van der Waals surface area contributed by atoms with Crippen molar-refractivity contribution in [1.82, 2.24) is 4.90 Å². The van der Waals surface area contributed by atoms with Gasteiger partial charge in [0, 0.05) is 31.8 Å². The van der Waals surface area contributed by atoms with E-state index in [9.17, 15) is 9.18 Å². The Labute approximate surface area is 165 Å². The molecule has 2 aromatic carbocycles. The van der Waals surface area contributed by atoms with Crippen LogP contribution in [0.25, 0.3) is 0 Å². The molecule has 0 radical (unpaired) electrons. The van der Waals surface area contributed by atoms with Gasteiger partial charge in [-0.2, -0.15) is 0 Å². The molecule has 4 rings (SSSR count). The zero-order valence-electron chi connectivity index (χ0n) is 16.1. The number of amides is 1. The molecule has 1 saturated carbocycles. The zero-order valence-corrected chi connectivity index (χ0v) is 16.1. The van der Waals surface area contributed by atoms with Crippen LogP contribution in [0.4, 0.5) is 4.39 Å². The monoisotopic (exact) mass is 383 g/mol. The van der Waals surface area contributed by atoms with E-state index in [0.717, 1.165) is 30.8 Å². The van der Waals surface area contributed by atoms with Crippen molar-refractivity contribution in [3.63, 3.8) is 0 Å². The van der Waals surface area contributed by atoms with Crippen molar-refractivity contribution in [2.45, 2.75) is 38.2 Å². The van der Waals surface area contributed by atoms with Crippen LogP contribution in [0.1, 0.15) is 37.7 Å². The van der Waals surface area contributed by atoms with Crippen molar-refractivity contribution in [2.24, 2.45) is 5.92 Å². The predicted octanol–water partition coefficient (Wildman–Crippen LogP) is 4.40. The fourth-order valence-corrected chi connectivity index (χ4v) is 4.02. The van der Waals surface area contributed by atoms with Crippen LogP contribution in [-0.2, 0) is 4.79 Å². The standard InChI is InChI=1S/C23H26FNO3/c1-2-27-21-9-5-6-10-22(21)28-16-11-13-25(14-12-16)23(26)19-15-18(19)17-7-3-4-8-20(17)24/h3-10,16,18-19H,2,11-15H2,1H3. The van der Waals surface area contributed by atoms with Crippen molar-refractivity contribution in [3.8, 4) is 11.5 Å². The Kier molecular flexibility index (Phi) is 5.51. The number of hydrogen-bond donors (Lipinski definition) is 0. The normalized spacial score (nSPS) is 22.0. The first-order chi connectivity index (χ1) is 13.7. The maximum absolute atomic E-state index is 14.0. The highest BCUT2D eigenvalue weighted by atomic mass is 19.1. The third-order valence-corrected chi connectivity index (χ3v) is 5.61. The van der Waals surface area contributed by atoms with Gasteiger partial charge in [-0.25, -0.2) is 4.39 Å². The summed E-state index contributed by atoms with van der Waals surface area (Å²) in [5.74, 6) is 1.42. The molecule has 28 heavy (non-hydrogen) atoms. The molecule has 2 fully saturated rings. The van der Waals surface area contributed by atoms with Crippen LogP contribution in [0.15, 0.2) is 48.5 Å². The minimum Gasteiger partial charge on any atom is -0.490 e. The number of hydrogen-bond acceptors (Lipinski definition) is 3. The number of ether oxygens (including phenoxy) is 2. The van der Waals surface area contributed by atoms with Crippen LogP contribution in [0, 0.1) is 11.7 Å². The van der Waals surface area contributed by atoms with Crippen molar-refractivity contribution in [3.05, 3.63) is 59.9 Å². The number of rotatable bonds is 6. The van der Waals surface area contributed by atoms with E-state index < -0.39 is 0 Å². The first kappa shape index (κ1) is 18.8. The molecule has 2 unspecified atom stereocenters. The molecule has 0 spiro atoms. The quantitative estimate of drug-likeness (QED) is 0.742. The van der Waals surface area contributed by atoms with Crippen LogP contribution in [0.3, 0.4) is 0 Å². The number of carbonyl (C=O) groups excluding carboxylic acids is 1. The van der Waals surface area contributed by atoms with Crippen molar-refractivity contribution < 1.29 is 18.7 Å². The second kappa shape index (κ2) is 8.21. The third-order valence-electron chi connectivity index (χ3n) is 5.61. The van der Waals surface area contributed by atoms with Gasteiger partial charge in [-0.1, -0.05) is 30.3 Å². The molecular formula is C23H26FNO3. The van der Waals surface area contributed by atoms with Crippen LogP contribution in [0.2, 0.25) is 0 Å². The van der Waals surface area contributed by atoms with E-state index in [1.807, 2.05) is 42.2 Å². The van der Waals surface area contributed by atoms with Gasteiger partial charge in [0.15, 0.2) is 11.5 Å². The molecule has 1 amide bonds. The number of carbonyl (C=O) groups is 1. The van der Waals surface area contributed by atoms with E-state index in [1.54, 1.807) is 12.1 Å². The van der Waals surface area contributed by atoms with Crippen LogP contribution in [-0.4, -0.2) is 36.6 Å². The molecule has 0 bridgehead atoms. The lowest BCUT2D eigenvalue weighted by molar-refractivity contribution is -0.134. The van der Waals surface area contributed by atoms with E-state index in [2.05, 4.69) is 0 Å². The Morgan fingerprint density at radius 2 is 1.75 bits per heavy atom. The van der Waals surface area contributed by atoms with Gasteiger partial charge in [0.05, 0.1) is 6.61 Å². The smallest absolute Gasteiger partial charge is 0.226 e. The van der Waals surface area contributed by atoms with Crippen LogP contribution >= 0.6 is 0 Å². The SMILES string of the molecule is CCOc1ccccc1OC1CCN(C(=O)C2CC2c2ccccc2F)CC1. The molecule has 1 aliphatic carbocycles. The van der Waals surface area contributed by atoms with Gasteiger partial charge >= 0.3 is 0 Å². The molecule has 148 valence electrons. The van der Waals surface area contributed by atoms with E-state index >= 15 is 0 Å². The van der Waals surface area contributed by atoms with Gasteiger partial charge < -0.3 is 14.4 Å². The van der Waals surface area contributed by atoms with E-state index in [-0.39, 0.29) is 29.7 Å². The Morgan fingerprint density at radius 3 is 2.46 bits per heavy atom. The van der Waals surface area contributed by atoms with Crippen LogP contribution in [0.5, 0.6) is 11.5 Å². The third kappa shape index (κ3) is 3.98. The lowest BCUT2D eigenvalue weighted by Crippen LogP contribution is -2.42. The summed E-state index contributed by atoms with van der Waals surface area (Å²) in [4.78, 5) is 14.7. The zero-order chi connectivity index (χ0) is 19.5. The van der Waals surface area contributed by atoms with E-state index in [0.29, 0.717) is 25.3 Å². The largest absolute Gasteiger partial charge is 0.490 e. The minimum absolute atomic E-state index is 0.0285. The first-order valence-electron chi connectivity index (χ1n) is 10.1. The molecule has 2 aliphatic rings. The Hall–Kier alpha value is -2.56. The van der Waals surface area contributed by atoms with Gasteiger partial charge in [-0.05, 0) is 43.0 Å². The molecule has 0 aromatic heterocycles. The summed E-state index contributed by atoms with van der Waals surface area (Å²) in [7, 11) is 0. The number of para-hydroxylation sites is 2. The second-order valence-corrected chi connectivity index (χ2v) is 7.49. The molecule has 4 nitrogen and oxygen atoms in total. The molecular weight excluding hydrogens is 357 g/mol. The van der Waals surface area contributed by atoms with Crippen LogP contribution < -0.4 is 9.47 Å². The summed E-state index contributed by atoms with van der Waals surface area (Å²) < 4.78 is 25.7. The number of piperidine rings is 1. The molecule has 1 heterocycles. The summed E-state index contributed by atoms with van der Waals surface area (Å²) in [5, 5.41) is 0. The number of nitrogens with zero attached hydrogens (tertiary/aromatic N) is 1. The molecule has 1 saturated heterocycles. The molecule has 1 aliphatic heterocycles. The minimum atomic E-state index is -0.206. The highest BCUT2D eigenvalue weighted by Crippen LogP contribution is 2.49. The highest BCUT2D eigenvalue weighted by molar-refractivity contribution is 5.83. The highest BCUT2D eigenvalue weighted by Gasteiger charge is 2.47. The molecule has 0 N–H and O–H groups in total. The van der Waals surface area contributed by atoms with Gasteiger partial charge in [0.25, 0.3) is 0 Å². The summed E-state index contributed by atoms with van der Waals surface area (Å²) in [6.07, 6.45) is 2.41. The summed E-state index contributed by atoms with van der Waals surface area (Å²) in [6.45, 7) is 3.91. The lowest BCUT2D eigenvalue weighted by atomic mass is 10.1. The lowest BCUT2D eigenvalue weighted by Gasteiger charge is -2.32. The summed E-state index contributed by atoms with van der Waals surface area (Å²) >= 11 is 0. The topological polar surface area (TPSA) is 38.8 Å². The van der Waals surface area contributed by atoms with E-state index in [1.165, 1.54) is 6.07 Å². The van der Waals surface area contributed by atoms with Crippen molar-refractivity contribution in [2.75, 3.05) is 19.7 Å². The van der Waals surface area contributed by atoms with Gasteiger partial charge in [-0.15, -0.1) is 0 Å². The summed E-state index contributed by atoms with van der Waals surface area (Å²) in [5.41, 5.74) is 0.673. The fourth-order valence-electron chi connectivity index (χ4n) is 4.02. The Balaban J connectivity index is 1.30. The summed E-state index contributed by atoms with van der Waals surface area (Å²) in [6, 6.07) is 14.5. The van der Waals surface area contributed by atoms with Gasteiger partial charge in [0.2, 0.25) is 5.91 Å². The number of likely N-dealkylation sites (tertiary alicyclic amines) is 1. The van der Waals surface area contributed by atoms with Gasteiger partial charge in [0.1, 0.15) is 11.9 Å². The second-order valence-electron chi connectivity index (χ2n) is 7.49. The molecule has 2 atom stereocenters.